The third-order valence-electron chi connectivity index (χ3n) is 2.54. The van der Waals surface area contributed by atoms with Crippen LogP contribution in [-0.4, -0.2) is 6.54 Å². The molecule has 90 valence electrons. The van der Waals surface area contributed by atoms with Crippen molar-refractivity contribution >= 4 is 27.3 Å². The molecular formula is C14H16BrNS. The first-order chi connectivity index (χ1) is 8.19. The van der Waals surface area contributed by atoms with E-state index >= 15 is 0 Å². The zero-order chi connectivity index (χ0) is 12.3. The summed E-state index contributed by atoms with van der Waals surface area (Å²) in [5.41, 5.74) is 2.58. The van der Waals surface area contributed by atoms with E-state index in [9.17, 15) is 0 Å². The summed E-state index contributed by atoms with van der Waals surface area (Å²) in [5.74, 6) is 0. The molecule has 17 heavy (non-hydrogen) atoms. The maximum atomic E-state index is 3.55. The second-order valence-electron chi connectivity index (χ2n) is 4.06. The number of nitrogens with one attached hydrogen (secondary N) is 1. The topological polar surface area (TPSA) is 12.0 Å². The van der Waals surface area contributed by atoms with Crippen LogP contribution in [0.3, 0.4) is 0 Å². The third-order valence-corrected chi connectivity index (χ3v) is 4.13. The van der Waals surface area contributed by atoms with Crippen LogP contribution in [0.5, 0.6) is 0 Å². The predicted molar refractivity (Wildman–Crippen MR) is 79.6 cm³/mol. The van der Waals surface area contributed by atoms with Gasteiger partial charge >= 0.3 is 0 Å². The van der Waals surface area contributed by atoms with E-state index in [0.29, 0.717) is 0 Å². The van der Waals surface area contributed by atoms with Crippen LogP contribution in [0, 0.1) is 6.92 Å². The minimum Gasteiger partial charge on any atom is -0.312 e. The molecule has 0 atom stereocenters. The summed E-state index contributed by atoms with van der Waals surface area (Å²) >= 11 is 5.41. The molecule has 1 N–H and O–H groups in total. The van der Waals surface area contributed by atoms with Crippen molar-refractivity contribution < 1.29 is 0 Å². The van der Waals surface area contributed by atoms with Crippen LogP contribution in [0.2, 0.25) is 0 Å². The van der Waals surface area contributed by atoms with Crippen molar-refractivity contribution in [2.75, 3.05) is 6.54 Å². The highest BCUT2D eigenvalue weighted by molar-refractivity contribution is 9.10. The molecule has 0 unspecified atom stereocenters. The van der Waals surface area contributed by atoms with Gasteiger partial charge in [0, 0.05) is 20.8 Å². The van der Waals surface area contributed by atoms with Crippen molar-refractivity contribution in [2.24, 2.45) is 0 Å². The number of aryl methyl sites for hydroxylation is 1. The first-order valence-electron chi connectivity index (χ1n) is 5.76. The standard InChI is InChI=1S/C14H16BrNS/c1-3-16-9-13-4-5-14(17-13)11-6-10(2)7-12(15)8-11/h4-8,16H,3,9H2,1-2H3. The van der Waals surface area contributed by atoms with E-state index in [1.807, 2.05) is 11.3 Å². The molecule has 0 spiro atoms. The average molecular weight is 310 g/mol. The van der Waals surface area contributed by atoms with Crippen LogP contribution in [0.15, 0.2) is 34.8 Å². The van der Waals surface area contributed by atoms with E-state index < -0.39 is 0 Å². The Hall–Kier alpha value is -0.640. The van der Waals surface area contributed by atoms with Crippen LogP contribution < -0.4 is 5.32 Å². The Kier molecular flexibility index (Phi) is 4.37. The van der Waals surface area contributed by atoms with Crippen molar-refractivity contribution in [3.63, 3.8) is 0 Å². The van der Waals surface area contributed by atoms with E-state index in [-0.39, 0.29) is 0 Å². The van der Waals surface area contributed by atoms with Crippen molar-refractivity contribution in [3.05, 3.63) is 45.2 Å². The lowest BCUT2D eigenvalue weighted by Crippen LogP contribution is -2.10. The molecule has 1 aromatic carbocycles. The first kappa shape index (κ1) is 12.8. The normalized spacial score (nSPS) is 10.8. The van der Waals surface area contributed by atoms with Gasteiger partial charge in [0.1, 0.15) is 0 Å². The van der Waals surface area contributed by atoms with Gasteiger partial charge in [-0.15, -0.1) is 11.3 Å². The Morgan fingerprint density at radius 2 is 2.06 bits per heavy atom. The van der Waals surface area contributed by atoms with Gasteiger partial charge in [0.05, 0.1) is 0 Å². The summed E-state index contributed by atoms with van der Waals surface area (Å²) in [7, 11) is 0. The first-order valence-corrected chi connectivity index (χ1v) is 7.37. The van der Waals surface area contributed by atoms with E-state index in [1.165, 1.54) is 20.9 Å². The minimum absolute atomic E-state index is 0.966. The highest BCUT2D eigenvalue weighted by atomic mass is 79.9. The van der Waals surface area contributed by atoms with Gasteiger partial charge in [-0.2, -0.15) is 0 Å². The van der Waals surface area contributed by atoms with Crippen LogP contribution in [0.1, 0.15) is 17.4 Å². The summed E-state index contributed by atoms with van der Waals surface area (Å²) in [5, 5.41) is 3.35. The molecule has 0 aliphatic heterocycles. The molecule has 0 aliphatic rings. The Morgan fingerprint density at radius 1 is 1.24 bits per heavy atom. The summed E-state index contributed by atoms with van der Waals surface area (Å²) in [6, 6.07) is 11.0. The highest BCUT2D eigenvalue weighted by Crippen LogP contribution is 2.30. The zero-order valence-corrected chi connectivity index (χ0v) is 12.5. The van der Waals surface area contributed by atoms with E-state index in [1.54, 1.807) is 0 Å². The second-order valence-corrected chi connectivity index (χ2v) is 6.15. The van der Waals surface area contributed by atoms with E-state index in [4.69, 9.17) is 0 Å². The molecule has 0 bridgehead atoms. The van der Waals surface area contributed by atoms with E-state index in [2.05, 4.69) is 65.4 Å². The molecule has 0 saturated heterocycles. The summed E-state index contributed by atoms with van der Waals surface area (Å²) in [4.78, 5) is 2.72. The van der Waals surface area contributed by atoms with Crippen LogP contribution in [-0.2, 0) is 6.54 Å². The molecule has 0 amide bonds. The largest absolute Gasteiger partial charge is 0.312 e. The lowest BCUT2D eigenvalue weighted by Gasteiger charge is -2.01. The zero-order valence-electron chi connectivity index (χ0n) is 10.1. The molecule has 1 aromatic heterocycles. The number of rotatable bonds is 4. The van der Waals surface area contributed by atoms with Crippen LogP contribution in [0.4, 0.5) is 0 Å². The molecule has 0 fully saturated rings. The fourth-order valence-corrected chi connectivity index (χ4v) is 3.33. The highest BCUT2D eigenvalue weighted by Gasteiger charge is 2.04. The fraction of sp³-hybridized carbons (Fsp3) is 0.286. The molecule has 1 heterocycles. The van der Waals surface area contributed by atoms with E-state index in [0.717, 1.165) is 17.6 Å². The monoisotopic (exact) mass is 309 g/mol. The van der Waals surface area contributed by atoms with Crippen molar-refractivity contribution in [1.29, 1.82) is 0 Å². The molecule has 2 aromatic rings. The maximum Gasteiger partial charge on any atom is 0.0346 e. The lowest BCUT2D eigenvalue weighted by atomic mass is 10.1. The molecule has 3 heteroatoms. The quantitative estimate of drug-likeness (QED) is 0.870. The van der Waals surface area contributed by atoms with Gasteiger partial charge in [-0.25, -0.2) is 0 Å². The Balaban J connectivity index is 2.24. The number of halogens is 1. The van der Waals surface area contributed by atoms with Gasteiger partial charge in [-0.3, -0.25) is 0 Å². The van der Waals surface area contributed by atoms with Crippen molar-refractivity contribution in [1.82, 2.24) is 5.32 Å². The fourth-order valence-electron chi connectivity index (χ4n) is 1.75. The number of hydrogen-bond donors (Lipinski definition) is 1. The van der Waals surface area contributed by atoms with Gasteiger partial charge in [0.15, 0.2) is 0 Å². The molecule has 0 aliphatic carbocycles. The smallest absolute Gasteiger partial charge is 0.0346 e. The van der Waals surface area contributed by atoms with Gasteiger partial charge < -0.3 is 5.32 Å². The maximum absolute atomic E-state index is 3.55. The number of thiophene rings is 1. The van der Waals surface area contributed by atoms with Gasteiger partial charge in [0.25, 0.3) is 0 Å². The Morgan fingerprint density at radius 3 is 2.76 bits per heavy atom. The molecule has 2 rings (SSSR count). The van der Waals surface area contributed by atoms with Gasteiger partial charge in [-0.1, -0.05) is 28.9 Å². The third kappa shape index (κ3) is 3.41. The molecule has 0 saturated carbocycles. The summed E-state index contributed by atoms with van der Waals surface area (Å²) in [6.45, 7) is 6.24. The second kappa shape index (κ2) is 5.80. The SMILES string of the molecule is CCNCc1ccc(-c2cc(C)cc(Br)c2)s1. The van der Waals surface area contributed by atoms with Crippen LogP contribution >= 0.6 is 27.3 Å². The molecular weight excluding hydrogens is 294 g/mol. The number of hydrogen-bond acceptors (Lipinski definition) is 2. The summed E-state index contributed by atoms with van der Waals surface area (Å²) in [6.07, 6.45) is 0. The van der Waals surface area contributed by atoms with Crippen molar-refractivity contribution in [3.8, 4) is 10.4 Å². The summed E-state index contributed by atoms with van der Waals surface area (Å²) < 4.78 is 1.15. The Labute approximate surface area is 115 Å². The minimum atomic E-state index is 0.966. The average Bonchev–Trinajstić information content (AvgIpc) is 2.73. The van der Waals surface area contributed by atoms with Crippen molar-refractivity contribution in [2.45, 2.75) is 20.4 Å². The molecule has 0 radical (unpaired) electrons. The van der Waals surface area contributed by atoms with Gasteiger partial charge in [-0.05, 0) is 48.9 Å². The van der Waals surface area contributed by atoms with Crippen LogP contribution in [0.25, 0.3) is 10.4 Å². The van der Waals surface area contributed by atoms with Gasteiger partial charge in [0.2, 0.25) is 0 Å². The lowest BCUT2D eigenvalue weighted by molar-refractivity contribution is 0.735. The predicted octanol–water partition coefficient (Wildman–Crippen LogP) is 4.60. The Bertz CT molecular complexity index is 484. The number of benzene rings is 1. The molecule has 1 nitrogen and oxygen atoms in total.